The summed E-state index contributed by atoms with van der Waals surface area (Å²) in [6.07, 6.45) is 0. The predicted molar refractivity (Wildman–Crippen MR) is 87.7 cm³/mol. The van der Waals surface area contributed by atoms with Gasteiger partial charge >= 0.3 is 5.97 Å². The van der Waals surface area contributed by atoms with Crippen molar-refractivity contribution < 1.29 is 14.3 Å². The van der Waals surface area contributed by atoms with Crippen LogP contribution in [0.15, 0.2) is 35.2 Å². The molecule has 0 amide bonds. The Labute approximate surface area is 134 Å². The third kappa shape index (κ3) is 3.25. The summed E-state index contributed by atoms with van der Waals surface area (Å²) >= 11 is 1.50. The van der Waals surface area contributed by atoms with Crippen LogP contribution in [0, 0.1) is 13.8 Å². The van der Waals surface area contributed by atoms with Crippen LogP contribution in [0.4, 0.5) is 0 Å². The van der Waals surface area contributed by atoms with Gasteiger partial charge in [-0.2, -0.15) is 0 Å². The summed E-state index contributed by atoms with van der Waals surface area (Å²) in [5.41, 5.74) is 2.23. The Hall–Kier alpha value is -2.01. The zero-order valence-electron chi connectivity index (χ0n) is 13.1. The van der Waals surface area contributed by atoms with Crippen molar-refractivity contribution in [2.75, 3.05) is 7.11 Å². The summed E-state index contributed by atoms with van der Waals surface area (Å²) < 4.78 is 4.77. The van der Waals surface area contributed by atoms with E-state index in [2.05, 4.69) is 4.98 Å². The minimum atomic E-state index is -0.423. The molecule has 0 saturated carbocycles. The van der Waals surface area contributed by atoms with Crippen molar-refractivity contribution in [3.05, 3.63) is 52.8 Å². The molecule has 0 spiro atoms. The Balaban J connectivity index is 2.24. The van der Waals surface area contributed by atoms with E-state index in [1.165, 1.54) is 18.9 Å². The molecular weight excluding hydrogens is 298 g/mol. The van der Waals surface area contributed by atoms with Gasteiger partial charge in [-0.05, 0) is 38.5 Å². The number of esters is 1. The molecule has 0 fully saturated rings. The Morgan fingerprint density at radius 1 is 1.18 bits per heavy atom. The monoisotopic (exact) mass is 317 g/mol. The lowest BCUT2D eigenvalue weighted by Gasteiger charge is -2.10. The van der Waals surface area contributed by atoms with E-state index in [-0.39, 0.29) is 11.0 Å². The highest BCUT2D eigenvalue weighted by Crippen LogP contribution is 2.27. The van der Waals surface area contributed by atoms with Crippen molar-refractivity contribution in [1.29, 1.82) is 0 Å². The molecule has 1 heterocycles. The van der Waals surface area contributed by atoms with Crippen LogP contribution in [0.3, 0.4) is 0 Å². The van der Waals surface area contributed by atoms with Crippen LogP contribution in [-0.4, -0.2) is 29.1 Å². The Kier molecular flexibility index (Phi) is 5.08. The highest BCUT2D eigenvalue weighted by atomic mass is 32.2. The zero-order chi connectivity index (χ0) is 16.3. The third-order valence-electron chi connectivity index (χ3n) is 3.50. The largest absolute Gasteiger partial charge is 0.465 e. The number of carbonyl (C=O) groups is 2. The number of ketones is 1. The number of aromatic nitrogens is 1. The van der Waals surface area contributed by atoms with Crippen LogP contribution in [0.1, 0.15) is 39.0 Å². The summed E-state index contributed by atoms with van der Waals surface area (Å²) in [4.78, 5) is 28.5. The first-order valence-corrected chi connectivity index (χ1v) is 7.87. The molecule has 2 aromatic rings. The molecule has 0 bridgehead atoms. The SMILES string of the molecule is COC(=O)c1c(C)[nH]c(C(=O)C(C)Sc2ccccc2)c1C. The van der Waals surface area contributed by atoms with E-state index in [0.29, 0.717) is 22.5 Å². The van der Waals surface area contributed by atoms with Crippen LogP contribution >= 0.6 is 11.8 Å². The summed E-state index contributed by atoms with van der Waals surface area (Å²) in [5.74, 6) is -0.446. The zero-order valence-corrected chi connectivity index (χ0v) is 13.9. The molecule has 116 valence electrons. The maximum Gasteiger partial charge on any atom is 0.339 e. The Morgan fingerprint density at radius 2 is 1.82 bits per heavy atom. The van der Waals surface area contributed by atoms with Crippen LogP contribution in [-0.2, 0) is 4.74 Å². The first-order valence-electron chi connectivity index (χ1n) is 6.99. The molecule has 0 saturated heterocycles. The number of hydrogen-bond acceptors (Lipinski definition) is 4. The number of thioether (sulfide) groups is 1. The number of rotatable bonds is 5. The van der Waals surface area contributed by atoms with Gasteiger partial charge in [0, 0.05) is 10.6 Å². The number of carbonyl (C=O) groups excluding carboxylic acids is 2. The van der Waals surface area contributed by atoms with Crippen molar-refractivity contribution in [3.63, 3.8) is 0 Å². The lowest BCUT2D eigenvalue weighted by molar-refractivity contribution is 0.0599. The van der Waals surface area contributed by atoms with Gasteiger partial charge in [0.2, 0.25) is 0 Å². The van der Waals surface area contributed by atoms with Crippen LogP contribution < -0.4 is 0 Å². The molecule has 1 atom stereocenters. The molecule has 22 heavy (non-hydrogen) atoms. The second kappa shape index (κ2) is 6.83. The number of H-pyrrole nitrogens is 1. The number of aromatic amines is 1. The van der Waals surface area contributed by atoms with Gasteiger partial charge in [0.25, 0.3) is 0 Å². The molecule has 1 aromatic heterocycles. The molecule has 0 aliphatic carbocycles. The first-order chi connectivity index (χ1) is 10.5. The molecule has 0 aliphatic heterocycles. The molecule has 0 radical (unpaired) electrons. The highest BCUT2D eigenvalue weighted by molar-refractivity contribution is 8.00. The average molecular weight is 317 g/mol. The number of hydrogen-bond donors (Lipinski definition) is 1. The number of aryl methyl sites for hydroxylation is 1. The molecule has 1 aromatic carbocycles. The molecule has 4 nitrogen and oxygen atoms in total. The van der Waals surface area contributed by atoms with E-state index in [1.807, 2.05) is 37.3 Å². The average Bonchev–Trinajstić information content (AvgIpc) is 2.81. The normalized spacial score (nSPS) is 12.0. The van der Waals surface area contributed by atoms with Crippen LogP contribution in [0.2, 0.25) is 0 Å². The van der Waals surface area contributed by atoms with Gasteiger partial charge in [-0.3, -0.25) is 4.79 Å². The van der Waals surface area contributed by atoms with E-state index in [0.717, 1.165) is 4.90 Å². The van der Waals surface area contributed by atoms with Crippen LogP contribution in [0.25, 0.3) is 0 Å². The number of nitrogens with one attached hydrogen (secondary N) is 1. The van der Waals surface area contributed by atoms with E-state index >= 15 is 0 Å². The third-order valence-corrected chi connectivity index (χ3v) is 4.61. The quantitative estimate of drug-likeness (QED) is 0.518. The van der Waals surface area contributed by atoms with Crippen LogP contribution in [0.5, 0.6) is 0 Å². The fourth-order valence-electron chi connectivity index (χ4n) is 2.36. The maximum atomic E-state index is 12.6. The van der Waals surface area contributed by atoms with Crippen molar-refractivity contribution >= 4 is 23.5 Å². The number of ether oxygens (including phenoxy) is 1. The summed E-state index contributed by atoms with van der Waals surface area (Å²) in [6.45, 7) is 5.40. The topological polar surface area (TPSA) is 59.2 Å². The molecular formula is C17H19NO3S. The smallest absolute Gasteiger partial charge is 0.339 e. The lowest BCUT2D eigenvalue weighted by Crippen LogP contribution is -2.15. The summed E-state index contributed by atoms with van der Waals surface area (Å²) in [7, 11) is 1.34. The van der Waals surface area contributed by atoms with Crippen molar-refractivity contribution in [1.82, 2.24) is 4.98 Å². The van der Waals surface area contributed by atoms with Gasteiger partial charge in [-0.25, -0.2) is 4.79 Å². The van der Waals surface area contributed by atoms with E-state index < -0.39 is 5.97 Å². The van der Waals surface area contributed by atoms with Gasteiger partial charge in [0.1, 0.15) is 0 Å². The second-order valence-electron chi connectivity index (χ2n) is 5.05. The fraction of sp³-hybridized carbons (Fsp3) is 0.294. The minimum absolute atomic E-state index is 0.0235. The fourth-order valence-corrected chi connectivity index (χ4v) is 3.31. The maximum absolute atomic E-state index is 12.6. The standard InChI is InChI=1S/C17H19NO3S/c1-10-14(17(20)21-4)11(2)18-15(10)16(19)12(3)22-13-8-6-5-7-9-13/h5-9,12,18H,1-4H3. The summed E-state index contributed by atoms with van der Waals surface area (Å²) in [6, 6.07) is 9.78. The van der Waals surface area contributed by atoms with Crippen molar-refractivity contribution in [3.8, 4) is 0 Å². The number of methoxy groups -OCH3 is 1. The van der Waals surface area contributed by atoms with Gasteiger partial charge in [0.05, 0.1) is 23.6 Å². The van der Waals surface area contributed by atoms with E-state index in [4.69, 9.17) is 4.74 Å². The van der Waals surface area contributed by atoms with Gasteiger partial charge in [0.15, 0.2) is 5.78 Å². The molecule has 1 N–H and O–H groups in total. The molecule has 0 aliphatic rings. The van der Waals surface area contributed by atoms with Crippen molar-refractivity contribution in [2.24, 2.45) is 0 Å². The molecule has 5 heteroatoms. The van der Waals surface area contributed by atoms with E-state index in [1.54, 1.807) is 13.8 Å². The first kappa shape index (κ1) is 16.4. The van der Waals surface area contributed by atoms with Gasteiger partial charge < -0.3 is 9.72 Å². The lowest BCUT2D eigenvalue weighted by atomic mass is 10.1. The molecule has 1 unspecified atom stereocenters. The van der Waals surface area contributed by atoms with Gasteiger partial charge in [-0.15, -0.1) is 11.8 Å². The molecule has 2 rings (SSSR count). The predicted octanol–water partition coefficient (Wildman–Crippen LogP) is 3.78. The Bertz CT molecular complexity index is 691. The van der Waals surface area contributed by atoms with E-state index in [9.17, 15) is 9.59 Å². The summed E-state index contributed by atoms with van der Waals surface area (Å²) in [5, 5.41) is -0.246. The number of benzene rings is 1. The minimum Gasteiger partial charge on any atom is -0.465 e. The van der Waals surface area contributed by atoms with Gasteiger partial charge in [-0.1, -0.05) is 18.2 Å². The highest BCUT2D eigenvalue weighted by Gasteiger charge is 2.25. The second-order valence-corrected chi connectivity index (χ2v) is 6.47. The Morgan fingerprint density at radius 3 is 2.41 bits per heavy atom. The van der Waals surface area contributed by atoms with Crippen molar-refractivity contribution in [2.45, 2.75) is 30.9 Å². The number of Topliss-reactive ketones (excluding diaryl/α,β-unsaturated/α-hetero) is 1.